The monoisotopic (exact) mass is 540 g/mol. The van der Waals surface area contributed by atoms with Crippen LogP contribution in [0.4, 0.5) is 5.69 Å². The van der Waals surface area contributed by atoms with Crippen molar-refractivity contribution in [3.8, 4) is 11.5 Å². The van der Waals surface area contributed by atoms with Gasteiger partial charge in [0.2, 0.25) is 0 Å². The molecule has 8 heteroatoms. The minimum Gasteiger partial charge on any atom is -0.497 e. The first-order valence-corrected chi connectivity index (χ1v) is 10.4. The largest absolute Gasteiger partial charge is 0.497 e. The molecule has 0 bridgehead atoms. The van der Waals surface area contributed by atoms with Gasteiger partial charge in [0, 0.05) is 44.5 Å². The van der Waals surface area contributed by atoms with Crippen LogP contribution in [0.2, 0.25) is 0 Å². The summed E-state index contributed by atoms with van der Waals surface area (Å²) in [6.45, 7) is 6.68. The molecule has 7 nitrogen and oxygen atoms in total. The number of aliphatic imine (C=N–C) groups is 1. The summed E-state index contributed by atoms with van der Waals surface area (Å²) >= 11 is 0. The standard InChI is InChI=1S/C23H32N4O3.HI/c1-4-24-23(25-17-22(28)18-8-10-20(29-2)11-9-18)27-14-12-26(13-15-27)19-6-5-7-21(16-19)30-3;/h5-11,16,22,28H,4,12-15,17H2,1-3H3,(H,24,25);1H. The minimum absolute atomic E-state index is 0. The maximum absolute atomic E-state index is 10.5. The number of aliphatic hydroxyl groups is 1. The van der Waals surface area contributed by atoms with E-state index in [-0.39, 0.29) is 24.0 Å². The molecule has 1 aliphatic rings. The SMILES string of the molecule is CCNC(=NCC(O)c1ccc(OC)cc1)N1CCN(c2cccc(OC)c2)CC1.I. The number of hydrogen-bond donors (Lipinski definition) is 2. The maximum atomic E-state index is 10.5. The molecule has 0 saturated carbocycles. The van der Waals surface area contributed by atoms with Gasteiger partial charge in [0.1, 0.15) is 11.5 Å². The Morgan fingerprint density at radius 3 is 2.32 bits per heavy atom. The van der Waals surface area contributed by atoms with Crippen molar-refractivity contribution in [2.75, 3.05) is 58.4 Å². The quantitative estimate of drug-likeness (QED) is 0.320. The van der Waals surface area contributed by atoms with Crippen molar-refractivity contribution in [2.45, 2.75) is 13.0 Å². The van der Waals surface area contributed by atoms with Gasteiger partial charge in [-0.15, -0.1) is 24.0 Å². The Labute approximate surface area is 202 Å². The molecule has 2 N–H and O–H groups in total. The van der Waals surface area contributed by atoms with Crippen LogP contribution in [0.25, 0.3) is 0 Å². The molecule has 0 aromatic heterocycles. The molecule has 31 heavy (non-hydrogen) atoms. The fourth-order valence-corrected chi connectivity index (χ4v) is 3.51. The molecule has 0 radical (unpaired) electrons. The third kappa shape index (κ3) is 6.90. The third-order valence-corrected chi connectivity index (χ3v) is 5.25. The smallest absolute Gasteiger partial charge is 0.194 e. The number of rotatable bonds is 7. The molecule has 1 unspecified atom stereocenters. The number of hydrogen-bond acceptors (Lipinski definition) is 5. The molecular formula is C23H33IN4O3. The van der Waals surface area contributed by atoms with Gasteiger partial charge in [0.05, 0.1) is 26.9 Å². The Balaban J connectivity index is 0.00000341. The van der Waals surface area contributed by atoms with Crippen LogP contribution in [-0.2, 0) is 0 Å². The summed E-state index contributed by atoms with van der Waals surface area (Å²) in [5, 5.41) is 13.9. The number of nitrogens with one attached hydrogen (secondary N) is 1. The predicted molar refractivity (Wildman–Crippen MR) is 136 cm³/mol. The highest BCUT2D eigenvalue weighted by atomic mass is 127. The number of ether oxygens (including phenoxy) is 2. The molecule has 0 spiro atoms. The molecule has 0 amide bonds. The van der Waals surface area contributed by atoms with Crippen LogP contribution >= 0.6 is 24.0 Å². The number of anilines is 1. The molecule has 2 aromatic rings. The van der Waals surface area contributed by atoms with Gasteiger partial charge in [-0.2, -0.15) is 0 Å². The van der Waals surface area contributed by atoms with Crippen LogP contribution in [-0.4, -0.2) is 69.5 Å². The van der Waals surface area contributed by atoms with Crippen LogP contribution < -0.4 is 19.7 Å². The second-order valence-corrected chi connectivity index (χ2v) is 7.16. The maximum Gasteiger partial charge on any atom is 0.194 e. The summed E-state index contributed by atoms with van der Waals surface area (Å²) < 4.78 is 10.5. The molecule has 2 aromatic carbocycles. The highest BCUT2D eigenvalue weighted by Crippen LogP contribution is 2.22. The first kappa shape index (κ1) is 25.1. The first-order valence-electron chi connectivity index (χ1n) is 10.4. The van der Waals surface area contributed by atoms with Crippen molar-refractivity contribution in [3.63, 3.8) is 0 Å². The van der Waals surface area contributed by atoms with E-state index in [1.54, 1.807) is 14.2 Å². The number of methoxy groups -OCH3 is 2. The number of piperazine rings is 1. The second-order valence-electron chi connectivity index (χ2n) is 7.16. The number of nitrogens with zero attached hydrogens (tertiary/aromatic N) is 3. The lowest BCUT2D eigenvalue weighted by atomic mass is 10.1. The zero-order valence-corrected chi connectivity index (χ0v) is 20.8. The van der Waals surface area contributed by atoms with Crippen LogP contribution in [0.5, 0.6) is 11.5 Å². The Bertz CT molecular complexity index is 824. The average Bonchev–Trinajstić information content (AvgIpc) is 2.81. The Morgan fingerprint density at radius 2 is 1.71 bits per heavy atom. The number of aliphatic hydroxyl groups excluding tert-OH is 1. The third-order valence-electron chi connectivity index (χ3n) is 5.25. The molecule has 1 fully saturated rings. The van der Waals surface area contributed by atoms with Gasteiger partial charge in [-0.05, 0) is 36.8 Å². The molecule has 170 valence electrons. The van der Waals surface area contributed by atoms with Gasteiger partial charge in [-0.3, -0.25) is 4.99 Å². The molecule has 0 aliphatic carbocycles. The second kappa shape index (κ2) is 12.6. The normalized spacial score (nSPS) is 15.2. The van der Waals surface area contributed by atoms with E-state index in [4.69, 9.17) is 14.5 Å². The predicted octanol–water partition coefficient (Wildman–Crippen LogP) is 3.14. The van der Waals surface area contributed by atoms with Crippen molar-refractivity contribution >= 4 is 35.6 Å². The summed E-state index contributed by atoms with van der Waals surface area (Å²) in [4.78, 5) is 9.30. The van der Waals surface area contributed by atoms with E-state index in [1.165, 1.54) is 5.69 Å². The van der Waals surface area contributed by atoms with Crippen molar-refractivity contribution in [3.05, 3.63) is 54.1 Å². The van der Waals surface area contributed by atoms with Gasteiger partial charge in [-0.1, -0.05) is 18.2 Å². The van der Waals surface area contributed by atoms with E-state index in [9.17, 15) is 5.11 Å². The lowest BCUT2D eigenvalue weighted by molar-refractivity contribution is 0.186. The van der Waals surface area contributed by atoms with Gasteiger partial charge in [-0.25, -0.2) is 0 Å². The summed E-state index contributed by atoms with van der Waals surface area (Å²) in [5.74, 6) is 2.49. The van der Waals surface area contributed by atoms with Gasteiger partial charge < -0.3 is 29.7 Å². The fraction of sp³-hybridized carbons (Fsp3) is 0.435. The Hall–Kier alpha value is -2.20. The highest BCUT2D eigenvalue weighted by molar-refractivity contribution is 14.0. The summed E-state index contributed by atoms with van der Waals surface area (Å²) in [6, 6.07) is 15.6. The number of halogens is 1. The Kier molecular flexibility index (Phi) is 10.2. The summed E-state index contributed by atoms with van der Waals surface area (Å²) in [6.07, 6.45) is -0.650. The van der Waals surface area contributed by atoms with Crippen LogP contribution in [0.3, 0.4) is 0 Å². The Morgan fingerprint density at radius 1 is 1.03 bits per heavy atom. The van der Waals surface area contributed by atoms with Gasteiger partial charge in [0.15, 0.2) is 5.96 Å². The zero-order valence-electron chi connectivity index (χ0n) is 18.5. The van der Waals surface area contributed by atoms with Crippen molar-refractivity contribution in [1.82, 2.24) is 10.2 Å². The molecular weight excluding hydrogens is 507 g/mol. The fourth-order valence-electron chi connectivity index (χ4n) is 3.51. The molecule has 1 saturated heterocycles. The zero-order chi connectivity index (χ0) is 21.3. The van der Waals surface area contributed by atoms with E-state index in [2.05, 4.69) is 34.2 Å². The molecule has 1 aliphatic heterocycles. The molecule has 1 atom stereocenters. The minimum atomic E-state index is -0.650. The molecule has 3 rings (SSSR count). The van der Waals surface area contributed by atoms with Crippen LogP contribution in [0.1, 0.15) is 18.6 Å². The van der Waals surface area contributed by atoms with E-state index < -0.39 is 6.10 Å². The van der Waals surface area contributed by atoms with Crippen LogP contribution in [0.15, 0.2) is 53.5 Å². The highest BCUT2D eigenvalue weighted by Gasteiger charge is 2.20. The topological polar surface area (TPSA) is 69.6 Å². The van der Waals surface area contributed by atoms with E-state index in [0.29, 0.717) is 6.54 Å². The molecule has 1 heterocycles. The lowest BCUT2D eigenvalue weighted by Gasteiger charge is -2.37. The van der Waals surface area contributed by atoms with Crippen LogP contribution in [0, 0.1) is 0 Å². The van der Waals surface area contributed by atoms with E-state index in [1.807, 2.05) is 36.4 Å². The van der Waals surface area contributed by atoms with E-state index in [0.717, 1.165) is 55.7 Å². The number of benzene rings is 2. The number of guanidine groups is 1. The van der Waals surface area contributed by atoms with Gasteiger partial charge in [0.25, 0.3) is 0 Å². The van der Waals surface area contributed by atoms with E-state index >= 15 is 0 Å². The van der Waals surface area contributed by atoms with Crippen molar-refractivity contribution in [1.29, 1.82) is 0 Å². The van der Waals surface area contributed by atoms with Crippen molar-refractivity contribution < 1.29 is 14.6 Å². The lowest BCUT2D eigenvalue weighted by Crippen LogP contribution is -2.52. The summed E-state index contributed by atoms with van der Waals surface area (Å²) in [5.41, 5.74) is 2.00. The van der Waals surface area contributed by atoms with Gasteiger partial charge >= 0.3 is 0 Å². The first-order chi connectivity index (χ1) is 14.6. The average molecular weight is 540 g/mol. The summed E-state index contributed by atoms with van der Waals surface area (Å²) in [7, 11) is 3.32. The van der Waals surface area contributed by atoms with Crippen molar-refractivity contribution in [2.24, 2.45) is 4.99 Å².